The standard InChI is InChI=1S/C17H14O2/c18-17-16(14-9-5-2-6-10-14)15(11-12-19-17)13-7-3-1-4-8-13/h1-12,17-18H. The summed E-state index contributed by atoms with van der Waals surface area (Å²) in [7, 11) is 0. The van der Waals surface area contributed by atoms with Crippen LogP contribution in [0, 0.1) is 0 Å². The van der Waals surface area contributed by atoms with Gasteiger partial charge in [0.15, 0.2) is 0 Å². The second-order valence-corrected chi connectivity index (χ2v) is 4.35. The van der Waals surface area contributed by atoms with Gasteiger partial charge in [-0.3, -0.25) is 0 Å². The van der Waals surface area contributed by atoms with Gasteiger partial charge in [-0.15, -0.1) is 0 Å². The van der Waals surface area contributed by atoms with Crippen molar-refractivity contribution in [2.45, 2.75) is 6.29 Å². The van der Waals surface area contributed by atoms with Crippen molar-refractivity contribution in [3.05, 3.63) is 84.1 Å². The zero-order chi connectivity index (χ0) is 13.1. The molecule has 2 heteroatoms. The van der Waals surface area contributed by atoms with Crippen molar-refractivity contribution in [3.8, 4) is 0 Å². The van der Waals surface area contributed by atoms with Gasteiger partial charge in [-0.2, -0.15) is 0 Å². The molecule has 0 aromatic heterocycles. The van der Waals surface area contributed by atoms with Crippen LogP contribution in [-0.2, 0) is 4.74 Å². The fraction of sp³-hybridized carbons (Fsp3) is 0.0588. The van der Waals surface area contributed by atoms with Crippen molar-refractivity contribution >= 4 is 11.1 Å². The summed E-state index contributed by atoms with van der Waals surface area (Å²) >= 11 is 0. The van der Waals surface area contributed by atoms with Crippen LogP contribution >= 0.6 is 0 Å². The Kier molecular flexibility index (Phi) is 3.17. The second-order valence-electron chi connectivity index (χ2n) is 4.35. The maximum atomic E-state index is 10.1. The summed E-state index contributed by atoms with van der Waals surface area (Å²) in [5, 5.41) is 10.1. The Bertz CT molecular complexity index is 612. The minimum Gasteiger partial charge on any atom is -0.468 e. The van der Waals surface area contributed by atoms with E-state index in [9.17, 15) is 5.11 Å². The highest BCUT2D eigenvalue weighted by Gasteiger charge is 2.21. The highest BCUT2D eigenvalue weighted by Crippen LogP contribution is 2.33. The van der Waals surface area contributed by atoms with Gasteiger partial charge in [0.1, 0.15) is 0 Å². The van der Waals surface area contributed by atoms with E-state index < -0.39 is 6.29 Å². The quantitative estimate of drug-likeness (QED) is 0.884. The number of ether oxygens (including phenoxy) is 1. The molecular formula is C17H14O2. The summed E-state index contributed by atoms with van der Waals surface area (Å²) in [6.45, 7) is 0. The molecular weight excluding hydrogens is 236 g/mol. The highest BCUT2D eigenvalue weighted by atomic mass is 16.6. The topological polar surface area (TPSA) is 29.5 Å². The Morgan fingerprint density at radius 1 is 0.789 bits per heavy atom. The van der Waals surface area contributed by atoms with Crippen LogP contribution in [0.4, 0.5) is 0 Å². The number of aliphatic hydroxyl groups is 1. The maximum Gasteiger partial charge on any atom is 0.224 e. The van der Waals surface area contributed by atoms with Crippen molar-refractivity contribution in [2.75, 3.05) is 0 Å². The molecule has 0 aliphatic carbocycles. The Labute approximate surface area is 112 Å². The molecule has 0 spiro atoms. The van der Waals surface area contributed by atoms with Crippen LogP contribution in [0.5, 0.6) is 0 Å². The van der Waals surface area contributed by atoms with Crippen molar-refractivity contribution in [2.24, 2.45) is 0 Å². The first-order valence-electron chi connectivity index (χ1n) is 6.21. The monoisotopic (exact) mass is 250 g/mol. The molecule has 0 radical (unpaired) electrons. The van der Waals surface area contributed by atoms with Gasteiger partial charge < -0.3 is 9.84 Å². The van der Waals surface area contributed by atoms with Crippen molar-refractivity contribution < 1.29 is 9.84 Å². The molecule has 1 heterocycles. The molecule has 0 saturated carbocycles. The van der Waals surface area contributed by atoms with Gasteiger partial charge in [-0.1, -0.05) is 60.7 Å². The Morgan fingerprint density at radius 2 is 1.37 bits per heavy atom. The third-order valence-electron chi connectivity index (χ3n) is 3.15. The molecule has 0 fully saturated rings. The van der Waals surface area contributed by atoms with Gasteiger partial charge in [0.05, 0.1) is 6.26 Å². The van der Waals surface area contributed by atoms with E-state index in [1.54, 1.807) is 6.26 Å². The van der Waals surface area contributed by atoms with Crippen molar-refractivity contribution in [3.63, 3.8) is 0 Å². The molecule has 1 aliphatic heterocycles. The highest BCUT2D eigenvalue weighted by molar-refractivity contribution is 5.97. The zero-order valence-electron chi connectivity index (χ0n) is 10.4. The number of hydrogen-bond acceptors (Lipinski definition) is 2. The van der Waals surface area contributed by atoms with E-state index >= 15 is 0 Å². The first-order valence-corrected chi connectivity index (χ1v) is 6.21. The molecule has 3 rings (SSSR count). The van der Waals surface area contributed by atoms with E-state index in [2.05, 4.69) is 0 Å². The number of allylic oxidation sites excluding steroid dienone is 2. The minimum atomic E-state index is -0.928. The van der Waals surface area contributed by atoms with Gasteiger partial charge in [0, 0.05) is 5.57 Å². The Balaban J connectivity index is 2.18. The Hall–Kier alpha value is -2.32. The second kappa shape index (κ2) is 5.12. The molecule has 0 bridgehead atoms. The molecule has 1 atom stereocenters. The first kappa shape index (κ1) is 11.8. The predicted molar refractivity (Wildman–Crippen MR) is 75.9 cm³/mol. The molecule has 19 heavy (non-hydrogen) atoms. The lowest BCUT2D eigenvalue weighted by Gasteiger charge is -2.22. The number of rotatable bonds is 2. The van der Waals surface area contributed by atoms with E-state index in [1.807, 2.05) is 66.7 Å². The summed E-state index contributed by atoms with van der Waals surface area (Å²) in [5.74, 6) is 0. The molecule has 94 valence electrons. The van der Waals surface area contributed by atoms with Crippen LogP contribution in [0.15, 0.2) is 73.0 Å². The summed E-state index contributed by atoms with van der Waals surface area (Å²) < 4.78 is 5.21. The van der Waals surface area contributed by atoms with Crippen molar-refractivity contribution in [1.82, 2.24) is 0 Å². The summed E-state index contributed by atoms with van der Waals surface area (Å²) in [6, 6.07) is 19.8. The molecule has 2 aromatic carbocycles. The third-order valence-corrected chi connectivity index (χ3v) is 3.15. The van der Waals surface area contributed by atoms with Crippen LogP contribution in [0.25, 0.3) is 11.1 Å². The molecule has 2 aromatic rings. The minimum absolute atomic E-state index is 0.800. The zero-order valence-corrected chi connectivity index (χ0v) is 10.4. The van der Waals surface area contributed by atoms with E-state index in [4.69, 9.17) is 4.74 Å². The van der Waals surface area contributed by atoms with Gasteiger partial charge in [0.25, 0.3) is 0 Å². The van der Waals surface area contributed by atoms with E-state index in [0.717, 1.165) is 22.3 Å². The van der Waals surface area contributed by atoms with Gasteiger partial charge in [-0.05, 0) is 22.8 Å². The van der Waals surface area contributed by atoms with Gasteiger partial charge in [0.2, 0.25) is 6.29 Å². The summed E-state index contributed by atoms with van der Waals surface area (Å²) in [5.41, 5.74) is 3.83. The molecule has 1 N–H and O–H groups in total. The fourth-order valence-corrected chi connectivity index (χ4v) is 2.26. The largest absolute Gasteiger partial charge is 0.468 e. The lowest BCUT2D eigenvalue weighted by Crippen LogP contribution is -2.15. The van der Waals surface area contributed by atoms with Crippen molar-refractivity contribution in [1.29, 1.82) is 0 Å². The van der Waals surface area contributed by atoms with Gasteiger partial charge in [-0.25, -0.2) is 0 Å². The summed E-state index contributed by atoms with van der Waals surface area (Å²) in [4.78, 5) is 0. The number of aliphatic hydroxyl groups excluding tert-OH is 1. The molecule has 1 unspecified atom stereocenters. The lowest BCUT2D eigenvalue weighted by molar-refractivity contribution is -0.00384. The predicted octanol–water partition coefficient (Wildman–Crippen LogP) is 3.46. The SMILES string of the molecule is OC1OC=CC(c2ccccc2)=C1c1ccccc1. The van der Waals surface area contributed by atoms with Gasteiger partial charge >= 0.3 is 0 Å². The van der Waals surface area contributed by atoms with Crippen LogP contribution in [0.1, 0.15) is 11.1 Å². The third kappa shape index (κ3) is 2.30. The van der Waals surface area contributed by atoms with Crippen LogP contribution in [0.3, 0.4) is 0 Å². The molecule has 0 amide bonds. The van der Waals surface area contributed by atoms with Crippen LogP contribution < -0.4 is 0 Å². The lowest BCUT2D eigenvalue weighted by atomic mass is 9.93. The summed E-state index contributed by atoms with van der Waals surface area (Å²) in [6.07, 6.45) is 2.51. The number of benzene rings is 2. The van der Waals surface area contributed by atoms with Crippen LogP contribution in [0.2, 0.25) is 0 Å². The maximum absolute atomic E-state index is 10.1. The Morgan fingerprint density at radius 3 is 2.00 bits per heavy atom. The smallest absolute Gasteiger partial charge is 0.224 e. The van der Waals surface area contributed by atoms with E-state index in [-0.39, 0.29) is 0 Å². The average Bonchev–Trinajstić information content (AvgIpc) is 2.49. The normalized spacial score (nSPS) is 18.3. The van der Waals surface area contributed by atoms with E-state index in [1.165, 1.54) is 0 Å². The average molecular weight is 250 g/mol. The van der Waals surface area contributed by atoms with Crippen LogP contribution in [-0.4, -0.2) is 11.4 Å². The first-order chi connectivity index (χ1) is 9.36. The van der Waals surface area contributed by atoms with E-state index in [0.29, 0.717) is 0 Å². The fourth-order valence-electron chi connectivity index (χ4n) is 2.26. The number of hydrogen-bond donors (Lipinski definition) is 1. The molecule has 2 nitrogen and oxygen atoms in total. The molecule has 0 saturated heterocycles. The molecule has 1 aliphatic rings.